The van der Waals surface area contributed by atoms with Gasteiger partial charge in [-0.25, -0.2) is 0 Å². The molecule has 43 valence electrons. The van der Waals surface area contributed by atoms with Gasteiger partial charge in [0.15, 0.2) is 0 Å². The first-order valence-corrected chi connectivity index (χ1v) is 4.13. The third-order valence-electron chi connectivity index (χ3n) is 0.813. The fourth-order valence-electron chi connectivity index (χ4n) is 0.286. The van der Waals surface area contributed by atoms with Crippen LogP contribution in [0.15, 0.2) is 0 Å². The van der Waals surface area contributed by atoms with Crippen molar-refractivity contribution in [3.8, 4) is 0 Å². The Bertz CT molecular complexity index is 106. The first-order valence-electron chi connectivity index (χ1n) is 2.27. The van der Waals surface area contributed by atoms with Gasteiger partial charge in [-0.15, -0.1) is 0 Å². The summed E-state index contributed by atoms with van der Waals surface area (Å²) in [4.78, 5) is 20.8. The van der Waals surface area contributed by atoms with Gasteiger partial charge in [-0.2, -0.15) is 0 Å². The van der Waals surface area contributed by atoms with E-state index in [9.17, 15) is 9.59 Å². The molecule has 0 aromatic rings. The van der Waals surface area contributed by atoms with E-state index in [2.05, 4.69) is 0 Å². The molecule has 0 aliphatic carbocycles. The molecular weight excluding hydrogens is 236 g/mol. The summed E-state index contributed by atoms with van der Waals surface area (Å²) in [6.07, 6.45) is 0. The van der Waals surface area contributed by atoms with Crippen LogP contribution in [0.1, 0.15) is 13.8 Å². The summed E-state index contributed by atoms with van der Waals surface area (Å²) in [5.41, 5.74) is 0. The van der Waals surface area contributed by atoms with E-state index in [4.69, 9.17) is 0 Å². The summed E-state index contributed by atoms with van der Waals surface area (Å²) in [7, 11) is 0. The fraction of sp³-hybridized carbons (Fsp3) is 0.600. The van der Waals surface area contributed by atoms with Gasteiger partial charge in [0.05, 0.1) is 0 Å². The maximum absolute atomic E-state index is 10.4. The van der Waals surface area contributed by atoms with Crippen LogP contribution < -0.4 is 0 Å². The second kappa shape index (κ2) is 3.67. The van der Waals surface area contributed by atoms with E-state index in [1.165, 1.54) is 13.8 Å². The minimum absolute atomic E-state index is 0.00386. The monoisotopic (exact) mass is 241 g/mol. The van der Waals surface area contributed by atoms with Crippen LogP contribution in [0.3, 0.4) is 0 Å². The predicted molar refractivity (Wildman–Crippen MR) is 25.1 cm³/mol. The molecule has 0 atom stereocenters. The Hall–Kier alpha value is 0.691. The molecule has 0 amide bonds. The van der Waals surface area contributed by atoms with Crippen LogP contribution in [0.2, 0.25) is 1.57 Å². The van der Waals surface area contributed by atoms with Crippen LogP contribution in [0.25, 0.3) is 0 Å². The third kappa shape index (κ3) is 2.87. The van der Waals surface area contributed by atoms with Gasteiger partial charge in [0, 0.05) is 0 Å². The van der Waals surface area contributed by atoms with Crippen LogP contribution >= 0.6 is 0 Å². The molecule has 8 heavy (non-hydrogen) atoms. The van der Waals surface area contributed by atoms with Crippen molar-refractivity contribution in [1.29, 1.82) is 0 Å². The molecule has 0 unspecified atom stereocenters. The third-order valence-corrected chi connectivity index (χ3v) is 3.42. The predicted octanol–water partition coefficient (Wildman–Crippen LogP) is 0.502. The van der Waals surface area contributed by atoms with Gasteiger partial charge in [-0.1, -0.05) is 0 Å². The van der Waals surface area contributed by atoms with Crippen molar-refractivity contribution in [3.05, 3.63) is 0 Å². The number of ketones is 2. The summed E-state index contributed by atoms with van der Waals surface area (Å²) in [5, 5.41) is 0. The zero-order valence-corrected chi connectivity index (χ0v) is 8.10. The number of hydrogen-bond acceptors (Lipinski definition) is 2. The van der Waals surface area contributed by atoms with Gasteiger partial charge in [0.2, 0.25) is 0 Å². The molecule has 0 spiro atoms. The molecule has 0 saturated heterocycles. The molecule has 0 heterocycles. The molecule has 0 bridgehead atoms. The van der Waals surface area contributed by atoms with Crippen LogP contribution in [0, 0.1) is 38.8 Å². The van der Waals surface area contributed by atoms with E-state index in [0.717, 1.165) is 0 Å². The van der Waals surface area contributed by atoms with Crippen molar-refractivity contribution in [2.75, 3.05) is 0 Å². The van der Waals surface area contributed by atoms with Crippen molar-refractivity contribution in [2.24, 2.45) is 0 Å². The molecule has 0 aliphatic rings. The number of carbonyl (C=O) groups is 2. The summed E-state index contributed by atoms with van der Waals surface area (Å²) in [6.45, 7) is 2.91. The Morgan fingerprint density at radius 3 is 1.50 bits per heavy atom. The average Bonchev–Trinajstić information content (AvgIpc) is 1.64. The van der Waals surface area contributed by atoms with E-state index >= 15 is 0 Å². The molecule has 3 heteroatoms. The standard InChI is InChI=1S/C5H7O2.Nd/c1-4(6)3-5(2)7;/h3H,1-2H3;. The topological polar surface area (TPSA) is 34.1 Å². The average molecular weight is 243 g/mol. The molecule has 0 fully saturated rings. The Morgan fingerprint density at radius 1 is 1.25 bits per heavy atom. The normalized spacial score (nSPS) is 9.25. The summed E-state index contributed by atoms with van der Waals surface area (Å²) < 4.78 is -0.269. The second-order valence-corrected chi connectivity index (χ2v) is 3.51. The molecule has 0 aliphatic heterocycles. The van der Waals surface area contributed by atoms with Gasteiger partial charge < -0.3 is 0 Å². The summed E-state index contributed by atoms with van der Waals surface area (Å²) >= 11 is 0.659. The van der Waals surface area contributed by atoms with Crippen molar-refractivity contribution in [2.45, 2.75) is 15.4 Å². The SMILES string of the molecule is CC(=O)[CH]([Nd])C(C)=O. The van der Waals surface area contributed by atoms with E-state index in [-0.39, 0.29) is 13.1 Å². The fourth-order valence-corrected chi connectivity index (χ4v) is 0.286. The van der Waals surface area contributed by atoms with E-state index < -0.39 is 0 Å². The summed E-state index contributed by atoms with van der Waals surface area (Å²) in [6, 6.07) is 0. The number of hydrogen-bond donors (Lipinski definition) is 0. The molecule has 0 radical (unpaired) electrons. The molecule has 0 N–H and O–H groups in total. The molecule has 2 nitrogen and oxygen atoms in total. The maximum atomic E-state index is 10.4. The number of carbonyl (C=O) groups excluding carboxylic acids is 2. The van der Waals surface area contributed by atoms with Crippen LogP contribution in [-0.2, 0) is 9.59 Å². The van der Waals surface area contributed by atoms with Crippen molar-refractivity contribution in [1.82, 2.24) is 0 Å². The molecule has 0 aromatic heterocycles. The molecular formula is C5H7NdO2. The summed E-state index contributed by atoms with van der Waals surface area (Å²) in [5.74, 6) is 0.00772. The first kappa shape index (κ1) is 8.69. The van der Waals surface area contributed by atoms with Crippen LogP contribution in [0.4, 0.5) is 0 Å². The molecule has 0 rings (SSSR count). The van der Waals surface area contributed by atoms with E-state index in [1.807, 2.05) is 0 Å². The van der Waals surface area contributed by atoms with Gasteiger partial charge >= 0.3 is 75.3 Å². The van der Waals surface area contributed by atoms with Gasteiger partial charge in [-0.3, -0.25) is 0 Å². The van der Waals surface area contributed by atoms with E-state index in [1.54, 1.807) is 0 Å². The molecule has 0 aromatic carbocycles. The zero-order chi connectivity index (χ0) is 6.73. The zero-order valence-electron chi connectivity index (χ0n) is 4.89. The van der Waals surface area contributed by atoms with Gasteiger partial charge in [0.1, 0.15) is 0 Å². The van der Waals surface area contributed by atoms with Crippen molar-refractivity contribution < 1.29 is 48.4 Å². The Kier molecular flexibility index (Phi) is 3.98. The second-order valence-electron chi connectivity index (χ2n) is 1.65. The van der Waals surface area contributed by atoms with Crippen molar-refractivity contribution in [3.63, 3.8) is 0 Å². The van der Waals surface area contributed by atoms with Crippen molar-refractivity contribution >= 4 is 11.6 Å². The van der Waals surface area contributed by atoms with Gasteiger partial charge in [-0.05, 0) is 0 Å². The number of rotatable bonds is 2. The first-order chi connectivity index (χ1) is 3.55. The van der Waals surface area contributed by atoms with Crippen LogP contribution in [0.5, 0.6) is 0 Å². The minimum atomic E-state index is -0.269. The van der Waals surface area contributed by atoms with E-state index in [0.29, 0.717) is 38.8 Å². The van der Waals surface area contributed by atoms with Gasteiger partial charge in [0.25, 0.3) is 0 Å². The Labute approximate surface area is 74.6 Å². The Morgan fingerprint density at radius 2 is 1.50 bits per heavy atom. The number of Topliss-reactive ketones (excluding diaryl/α,β-unsaturated/α-hetero) is 2. The molecule has 0 saturated carbocycles. The quantitative estimate of drug-likeness (QED) is 0.662. The Balaban J connectivity index is 3.83. The van der Waals surface area contributed by atoms with Crippen LogP contribution in [-0.4, -0.2) is 11.6 Å².